The van der Waals surface area contributed by atoms with E-state index in [9.17, 15) is 14.3 Å². The number of ether oxygens (including phenoxy) is 1. The summed E-state index contributed by atoms with van der Waals surface area (Å²) >= 11 is 0. The van der Waals surface area contributed by atoms with Gasteiger partial charge in [-0.05, 0) is 42.1 Å². The van der Waals surface area contributed by atoms with Crippen LogP contribution in [-0.2, 0) is 11.2 Å². The molecule has 0 aliphatic carbocycles. The van der Waals surface area contributed by atoms with E-state index in [1.165, 1.54) is 13.2 Å². The van der Waals surface area contributed by atoms with Gasteiger partial charge in [0.1, 0.15) is 6.04 Å². The number of carboxylic acids is 1. The van der Waals surface area contributed by atoms with E-state index in [2.05, 4.69) is 5.32 Å². The fourth-order valence-electron chi connectivity index (χ4n) is 2.62. The van der Waals surface area contributed by atoms with Crippen LogP contribution in [0.5, 0.6) is 5.75 Å². The van der Waals surface area contributed by atoms with E-state index < -0.39 is 12.0 Å². The van der Waals surface area contributed by atoms with Gasteiger partial charge >= 0.3 is 5.97 Å². The van der Waals surface area contributed by atoms with E-state index in [0.717, 1.165) is 5.56 Å². The molecule has 0 bridgehead atoms. The molecule has 5 heteroatoms. The second kappa shape index (κ2) is 8.45. The Bertz CT molecular complexity index is 676. The predicted molar refractivity (Wildman–Crippen MR) is 90.6 cm³/mol. The Morgan fingerprint density at radius 2 is 1.96 bits per heavy atom. The summed E-state index contributed by atoms with van der Waals surface area (Å²) in [7, 11) is 1.43. The molecule has 24 heavy (non-hydrogen) atoms. The number of aliphatic carboxylic acids is 1. The van der Waals surface area contributed by atoms with Gasteiger partial charge < -0.3 is 15.2 Å². The van der Waals surface area contributed by atoms with Crippen molar-refractivity contribution >= 4 is 5.97 Å². The monoisotopic (exact) mass is 331 g/mol. The molecule has 128 valence electrons. The molecular weight excluding hydrogens is 309 g/mol. The molecular formula is C19H22FNO3. The number of methoxy groups -OCH3 is 1. The van der Waals surface area contributed by atoms with E-state index in [1.54, 1.807) is 18.2 Å². The van der Waals surface area contributed by atoms with Gasteiger partial charge in [-0.15, -0.1) is 0 Å². The zero-order valence-electron chi connectivity index (χ0n) is 13.8. The molecule has 2 atom stereocenters. The highest BCUT2D eigenvalue weighted by Crippen LogP contribution is 2.20. The van der Waals surface area contributed by atoms with Crippen LogP contribution in [0.15, 0.2) is 48.5 Å². The molecule has 0 amide bonds. The predicted octanol–water partition coefficient (Wildman–Crippen LogP) is 3.43. The summed E-state index contributed by atoms with van der Waals surface area (Å²) in [5, 5.41) is 12.5. The van der Waals surface area contributed by atoms with Gasteiger partial charge in [0, 0.05) is 0 Å². The maximum atomic E-state index is 13.7. The van der Waals surface area contributed by atoms with Gasteiger partial charge in [-0.2, -0.15) is 0 Å². The van der Waals surface area contributed by atoms with Crippen molar-refractivity contribution in [2.45, 2.75) is 19.4 Å². The van der Waals surface area contributed by atoms with Crippen LogP contribution in [-0.4, -0.2) is 24.7 Å². The summed E-state index contributed by atoms with van der Waals surface area (Å²) in [6.45, 7) is 2.51. The topological polar surface area (TPSA) is 58.6 Å². The Hall–Kier alpha value is -2.40. The number of hydrogen-bond donors (Lipinski definition) is 2. The number of hydrogen-bond acceptors (Lipinski definition) is 3. The van der Waals surface area contributed by atoms with Crippen LogP contribution in [0, 0.1) is 11.7 Å². The molecule has 0 saturated carbocycles. The third-order valence-electron chi connectivity index (χ3n) is 3.85. The number of carbonyl (C=O) groups is 1. The smallest absolute Gasteiger partial charge is 0.325 e. The molecule has 0 heterocycles. The Morgan fingerprint density at radius 1 is 1.25 bits per heavy atom. The minimum atomic E-state index is -0.913. The average Bonchev–Trinajstić information content (AvgIpc) is 2.56. The molecule has 0 aromatic heterocycles. The lowest BCUT2D eigenvalue weighted by Crippen LogP contribution is -2.32. The number of rotatable bonds is 8. The minimum absolute atomic E-state index is 0.156. The van der Waals surface area contributed by atoms with Crippen molar-refractivity contribution in [3.8, 4) is 5.75 Å². The van der Waals surface area contributed by atoms with E-state index in [1.807, 2.05) is 31.2 Å². The highest BCUT2D eigenvalue weighted by Gasteiger charge is 2.19. The van der Waals surface area contributed by atoms with E-state index >= 15 is 0 Å². The van der Waals surface area contributed by atoms with Crippen LogP contribution in [0.1, 0.15) is 24.1 Å². The highest BCUT2D eigenvalue weighted by molar-refractivity contribution is 5.75. The second-order valence-electron chi connectivity index (χ2n) is 5.87. The maximum absolute atomic E-state index is 13.7. The first kappa shape index (κ1) is 17.9. The van der Waals surface area contributed by atoms with Gasteiger partial charge in [-0.1, -0.05) is 43.3 Å². The van der Waals surface area contributed by atoms with Crippen LogP contribution < -0.4 is 10.1 Å². The fraction of sp³-hybridized carbons (Fsp3) is 0.316. The number of nitrogens with one attached hydrogen (secondary N) is 1. The van der Waals surface area contributed by atoms with Crippen molar-refractivity contribution in [3.05, 3.63) is 65.5 Å². The van der Waals surface area contributed by atoms with E-state index in [4.69, 9.17) is 4.74 Å². The molecule has 2 aromatic rings. The number of halogens is 1. The normalized spacial score (nSPS) is 13.3. The fourth-order valence-corrected chi connectivity index (χ4v) is 2.62. The van der Waals surface area contributed by atoms with Gasteiger partial charge in [0.15, 0.2) is 11.6 Å². The number of carboxylic acid groups (broad SMARTS) is 1. The van der Waals surface area contributed by atoms with Crippen LogP contribution >= 0.6 is 0 Å². The third-order valence-corrected chi connectivity index (χ3v) is 3.85. The standard InChI is InChI=1S/C19H22FNO3/c1-13(10-14-8-9-17(24-2)16(20)11-14)12-21-18(19(22)23)15-6-4-3-5-7-15/h3-9,11,13,18,21H,10,12H2,1-2H3,(H,22,23)/t13?,18-/m0/s1. The summed E-state index contributed by atoms with van der Waals surface area (Å²) in [4.78, 5) is 11.5. The molecule has 0 fully saturated rings. The summed E-state index contributed by atoms with van der Waals surface area (Å²) in [6.07, 6.45) is 0.648. The van der Waals surface area contributed by atoms with Gasteiger partial charge in [0.2, 0.25) is 0 Å². The lowest BCUT2D eigenvalue weighted by Gasteiger charge is -2.18. The highest BCUT2D eigenvalue weighted by atomic mass is 19.1. The lowest BCUT2D eigenvalue weighted by molar-refractivity contribution is -0.139. The summed E-state index contributed by atoms with van der Waals surface area (Å²) in [5.74, 6) is -0.922. The van der Waals surface area contributed by atoms with Crippen LogP contribution in [0.25, 0.3) is 0 Å². The summed E-state index contributed by atoms with van der Waals surface area (Å²) < 4.78 is 18.6. The molecule has 4 nitrogen and oxygen atoms in total. The Balaban J connectivity index is 1.95. The Kier molecular flexibility index (Phi) is 6.32. The SMILES string of the molecule is COc1ccc(CC(C)CN[C@H](C(=O)O)c2ccccc2)cc1F. The van der Waals surface area contributed by atoms with Crippen molar-refractivity contribution in [2.24, 2.45) is 5.92 Å². The van der Waals surface area contributed by atoms with Crippen molar-refractivity contribution in [3.63, 3.8) is 0 Å². The molecule has 0 aliphatic rings. The van der Waals surface area contributed by atoms with Crippen molar-refractivity contribution in [1.29, 1.82) is 0 Å². The Labute approximate surface area is 141 Å². The summed E-state index contributed by atoms with van der Waals surface area (Å²) in [6, 6.07) is 13.2. The Morgan fingerprint density at radius 3 is 2.54 bits per heavy atom. The molecule has 0 radical (unpaired) electrons. The van der Waals surface area contributed by atoms with Gasteiger partial charge in [-0.25, -0.2) is 4.39 Å². The average molecular weight is 331 g/mol. The maximum Gasteiger partial charge on any atom is 0.325 e. The van der Waals surface area contributed by atoms with Gasteiger partial charge in [0.05, 0.1) is 7.11 Å². The van der Waals surface area contributed by atoms with E-state index in [0.29, 0.717) is 18.5 Å². The molecule has 0 spiro atoms. The van der Waals surface area contributed by atoms with E-state index in [-0.39, 0.29) is 17.5 Å². The lowest BCUT2D eigenvalue weighted by atomic mass is 9.99. The van der Waals surface area contributed by atoms with Crippen molar-refractivity contribution in [1.82, 2.24) is 5.32 Å². The van der Waals surface area contributed by atoms with Crippen LogP contribution in [0.3, 0.4) is 0 Å². The largest absolute Gasteiger partial charge is 0.494 e. The third kappa shape index (κ3) is 4.80. The molecule has 2 rings (SSSR count). The first-order valence-electron chi connectivity index (χ1n) is 7.84. The quantitative estimate of drug-likeness (QED) is 0.778. The zero-order valence-corrected chi connectivity index (χ0v) is 13.8. The second-order valence-corrected chi connectivity index (χ2v) is 5.87. The van der Waals surface area contributed by atoms with Crippen molar-refractivity contribution < 1.29 is 19.0 Å². The molecule has 2 N–H and O–H groups in total. The van der Waals surface area contributed by atoms with Crippen LogP contribution in [0.2, 0.25) is 0 Å². The minimum Gasteiger partial charge on any atom is -0.494 e. The molecule has 2 aromatic carbocycles. The molecule has 1 unspecified atom stereocenters. The molecule has 0 aliphatic heterocycles. The summed E-state index contributed by atoms with van der Waals surface area (Å²) in [5.41, 5.74) is 1.57. The van der Waals surface area contributed by atoms with Gasteiger partial charge in [-0.3, -0.25) is 4.79 Å². The van der Waals surface area contributed by atoms with Crippen molar-refractivity contribution in [2.75, 3.05) is 13.7 Å². The zero-order chi connectivity index (χ0) is 17.5. The first-order valence-corrected chi connectivity index (χ1v) is 7.84. The van der Waals surface area contributed by atoms with Crippen LogP contribution in [0.4, 0.5) is 4.39 Å². The molecule has 0 saturated heterocycles. The van der Waals surface area contributed by atoms with Gasteiger partial charge in [0.25, 0.3) is 0 Å². The number of benzene rings is 2. The first-order chi connectivity index (χ1) is 11.5.